The maximum absolute atomic E-state index is 6.52. The quantitative estimate of drug-likeness (QED) is 0.489. The standard InChI is InChI=1S/C15H12Br2Cl2O/c1-2-20-14-6-4-9(7-12(14)17)15(19)10-3-5-11(16)13(18)8-10/h3-8,15H,2H2,1H3. The second-order valence-electron chi connectivity index (χ2n) is 4.16. The van der Waals surface area contributed by atoms with Gasteiger partial charge < -0.3 is 4.74 Å². The lowest BCUT2D eigenvalue weighted by Gasteiger charge is -2.13. The third-order valence-corrected chi connectivity index (χ3v) is 5.14. The second-order valence-corrected chi connectivity index (χ2v) is 6.71. The second kappa shape index (κ2) is 7.17. The number of alkyl halides is 1. The first-order chi connectivity index (χ1) is 9.52. The van der Waals surface area contributed by atoms with Gasteiger partial charge in [0.15, 0.2) is 0 Å². The highest BCUT2D eigenvalue weighted by atomic mass is 79.9. The van der Waals surface area contributed by atoms with Gasteiger partial charge in [0.1, 0.15) is 5.75 Å². The molecule has 0 saturated carbocycles. The smallest absolute Gasteiger partial charge is 0.133 e. The van der Waals surface area contributed by atoms with Gasteiger partial charge in [-0.05, 0) is 74.2 Å². The number of ether oxygens (including phenoxy) is 1. The minimum absolute atomic E-state index is 0.257. The van der Waals surface area contributed by atoms with Crippen molar-refractivity contribution in [3.05, 3.63) is 61.5 Å². The molecule has 0 bridgehead atoms. The van der Waals surface area contributed by atoms with Gasteiger partial charge in [0, 0.05) is 4.47 Å². The molecule has 2 rings (SSSR count). The molecule has 106 valence electrons. The molecule has 1 nitrogen and oxygen atoms in total. The molecule has 0 aliphatic carbocycles. The zero-order valence-electron chi connectivity index (χ0n) is 10.7. The Morgan fingerprint density at radius 1 is 1.05 bits per heavy atom. The number of hydrogen-bond acceptors (Lipinski definition) is 1. The van der Waals surface area contributed by atoms with E-state index in [2.05, 4.69) is 31.9 Å². The van der Waals surface area contributed by atoms with Crippen molar-refractivity contribution >= 4 is 55.1 Å². The van der Waals surface area contributed by atoms with E-state index < -0.39 is 0 Å². The topological polar surface area (TPSA) is 9.23 Å². The van der Waals surface area contributed by atoms with E-state index in [1.807, 2.05) is 43.3 Å². The van der Waals surface area contributed by atoms with Crippen molar-refractivity contribution in [3.63, 3.8) is 0 Å². The summed E-state index contributed by atoms with van der Waals surface area (Å²) in [5.41, 5.74) is 1.94. The average Bonchev–Trinajstić information content (AvgIpc) is 2.43. The highest BCUT2D eigenvalue weighted by Gasteiger charge is 2.14. The molecular formula is C15H12Br2Cl2O. The molecule has 2 aromatic rings. The molecule has 0 amide bonds. The number of halogens is 4. The van der Waals surface area contributed by atoms with E-state index in [4.69, 9.17) is 27.9 Å². The first kappa shape index (κ1) is 16.2. The summed E-state index contributed by atoms with van der Waals surface area (Å²) in [6.07, 6.45) is 0. The van der Waals surface area contributed by atoms with Crippen molar-refractivity contribution in [2.75, 3.05) is 6.61 Å². The highest BCUT2D eigenvalue weighted by molar-refractivity contribution is 9.10. The molecule has 0 saturated heterocycles. The van der Waals surface area contributed by atoms with Gasteiger partial charge in [0.25, 0.3) is 0 Å². The van der Waals surface area contributed by atoms with Crippen molar-refractivity contribution in [1.29, 1.82) is 0 Å². The zero-order valence-corrected chi connectivity index (χ0v) is 15.4. The van der Waals surface area contributed by atoms with Crippen LogP contribution in [0.25, 0.3) is 0 Å². The van der Waals surface area contributed by atoms with Gasteiger partial charge in [-0.25, -0.2) is 0 Å². The minimum atomic E-state index is -0.257. The van der Waals surface area contributed by atoms with Gasteiger partial charge in [0.2, 0.25) is 0 Å². The van der Waals surface area contributed by atoms with Crippen molar-refractivity contribution in [2.45, 2.75) is 12.3 Å². The van der Waals surface area contributed by atoms with Crippen LogP contribution >= 0.6 is 55.1 Å². The van der Waals surface area contributed by atoms with Crippen LogP contribution in [-0.4, -0.2) is 6.61 Å². The lowest BCUT2D eigenvalue weighted by atomic mass is 10.0. The van der Waals surface area contributed by atoms with E-state index in [1.54, 1.807) is 0 Å². The molecule has 20 heavy (non-hydrogen) atoms. The maximum atomic E-state index is 6.52. The van der Waals surface area contributed by atoms with Crippen LogP contribution in [0.5, 0.6) is 5.75 Å². The Labute approximate surface area is 145 Å². The maximum Gasteiger partial charge on any atom is 0.133 e. The Kier molecular flexibility index (Phi) is 5.79. The fourth-order valence-electron chi connectivity index (χ4n) is 1.81. The molecule has 0 fully saturated rings. The van der Waals surface area contributed by atoms with E-state index in [0.29, 0.717) is 11.6 Å². The third-order valence-electron chi connectivity index (χ3n) is 2.78. The first-order valence-electron chi connectivity index (χ1n) is 6.04. The SMILES string of the molecule is CCOc1ccc(C(Cl)c2ccc(Br)c(Cl)c2)cc1Br. The molecule has 0 aliphatic rings. The molecule has 0 N–H and O–H groups in total. The monoisotopic (exact) mass is 436 g/mol. The van der Waals surface area contributed by atoms with Crippen molar-refractivity contribution < 1.29 is 4.74 Å². The lowest BCUT2D eigenvalue weighted by Crippen LogP contribution is -1.96. The summed E-state index contributed by atoms with van der Waals surface area (Å²) in [5.74, 6) is 0.814. The zero-order chi connectivity index (χ0) is 14.7. The van der Waals surface area contributed by atoms with Crippen molar-refractivity contribution in [3.8, 4) is 5.75 Å². The number of hydrogen-bond donors (Lipinski definition) is 0. The fraction of sp³-hybridized carbons (Fsp3) is 0.200. The average molecular weight is 439 g/mol. The summed E-state index contributed by atoms with van der Waals surface area (Å²) in [5, 5.41) is 0.394. The van der Waals surface area contributed by atoms with Crippen LogP contribution in [0.2, 0.25) is 5.02 Å². The van der Waals surface area contributed by atoms with E-state index in [1.165, 1.54) is 0 Å². The minimum Gasteiger partial charge on any atom is -0.493 e. The molecule has 2 aromatic carbocycles. The van der Waals surface area contributed by atoms with Crippen molar-refractivity contribution in [2.24, 2.45) is 0 Å². The fourth-order valence-corrected chi connectivity index (χ4v) is 3.03. The first-order valence-corrected chi connectivity index (χ1v) is 8.44. The summed E-state index contributed by atoms with van der Waals surface area (Å²) in [4.78, 5) is 0. The predicted octanol–water partition coefficient (Wildman–Crippen LogP) is 6.59. The summed E-state index contributed by atoms with van der Waals surface area (Å²) < 4.78 is 7.25. The van der Waals surface area contributed by atoms with Crippen LogP contribution in [0, 0.1) is 0 Å². The van der Waals surface area contributed by atoms with E-state index in [-0.39, 0.29) is 5.38 Å². The summed E-state index contributed by atoms with van der Waals surface area (Å²) >= 11 is 19.5. The summed E-state index contributed by atoms with van der Waals surface area (Å²) in [7, 11) is 0. The molecule has 0 heterocycles. The molecule has 5 heteroatoms. The Bertz CT molecular complexity index is 617. The van der Waals surface area contributed by atoms with E-state index >= 15 is 0 Å². The summed E-state index contributed by atoms with van der Waals surface area (Å²) in [6.45, 7) is 2.58. The van der Waals surface area contributed by atoms with Gasteiger partial charge in [-0.2, -0.15) is 0 Å². The van der Waals surface area contributed by atoms with Crippen LogP contribution in [0.4, 0.5) is 0 Å². The van der Waals surface area contributed by atoms with Crippen LogP contribution in [0.1, 0.15) is 23.4 Å². The van der Waals surface area contributed by atoms with Crippen LogP contribution < -0.4 is 4.74 Å². The Morgan fingerprint density at radius 2 is 1.70 bits per heavy atom. The third kappa shape index (κ3) is 3.70. The van der Waals surface area contributed by atoms with Gasteiger partial charge >= 0.3 is 0 Å². The Morgan fingerprint density at radius 3 is 2.30 bits per heavy atom. The Balaban J connectivity index is 2.30. The van der Waals surface area contributed by atoms with Gasteiger partial charge in [-0.3, -0.25) is 0 Å². The number of rotatable bonds is 4. The van der Waals surface area contributed by atoms with Gasteiger partial charge in [-0.1, -0.05) is 23.7 Å². The van der Waals surface area contributed by atoms with E-state index in [0.717, 1.165) is 25.8 Å². The number of benzene rings is 2. The molecule has 0 radical (unpaired) electrons. The molecule has 0 spiro atoms. The van der Waals surface area contributed by atoms with Gasteiger partial charge in [0.05, 0.1) is 21.5 Å². The molecule has 1 unspecified atom stereocenters. The predicted molar refractivity (Wildman–Crippen MR) is 92.2 cm³/mol. The van der Waals surface area contributed by atoms with Gasteiger partial charge in [-0.15, -0.1) is 11.6 Å². The molecule has 1 atom stereocenters. The van der Waals surface area contributed by atoms with Crippen molar-refractivity contribution in [1.82, 2.24) is 0 Å². The van der Waals surface area contributed by atoms with Crippen LogP contribution in [0.3, 0.4) is 0 Å². The lowest BCUT2D eigenvalue weighted by molar-refractivity contribution is 0.338. The van der Waals surface area contributed by atoms with Crippen LogP contribution in [0.15, 0.2) is 45.3 Å². The molecule has 0 aliphatic heterocycles. The highest BCUT2D eigenvalue weighted by Crippen LogP contribution is 2.36. The Hall–Kier alpha value is -0.220. The summed E-state index contributed by atoms with van der Waals surface area (Å²) in [6, 6.07) is 11.6. The molecule has 0 aromatic heterocycles. The van der Waals surface area contributed by atoms with Crippen LogP contribution in [-0.2, 0) is 0 Å². The van der Waals surface area contributed by atoms with E-state index in [9.17, 15) is 0 Å². The largest absolute Gasteiger partial charge is 0.493 e. The molecular weight excluding hydrogens is 427 g/mol. The normalized spacial score (nSPS) is 12.2.